The molecule has 1 fully saturated rings. The van der Waals surface area contributed by atoms with Crippen LogP contribution in [0.4, 0.5) is 0 Å². The van der Waals surface area contributed by atoms with Crippen molar-refractivity contribution in [3.05, 3.63) is 0 Å². The minimum absolute atomic E-state index is 0.0299. The van der Waals surface area contributed by atoms with E-state index in [0.29, 0.717) is 10.7 Å². The van der Waals surface area contributed by atoms with Crippen LogP contribution in [0.25, 0.3) is 0 Å². The second-order valence-corrected chi connectivity index (χ2v) is 6.79. The van der Waals surface area contributed by atoms with Crippen molar-refractivity contribution in [1.82, 2.24) is 4.90 Å². The van der Waals surface area contributed by atoms with Crippen molar-refractivity contribution in [2.24, 2.45) is 5.41 Å². The van der Waals surface area contributed by atoms with Crippen molar-refractivity contribution in [3.8, 4) is 0 Å². The molecule has 0 aliphatic carbocycles. The second kappa shape index (κ2) is 4.71. The van der Waals surface area contributed by atoms with Crippen LogP contribution >= 0.6 is 24.0 Å². The van der Waals surface area contributed by atoms with Crippen molar-refractivity contribution >= 4 is 40.2 Å². The first kappa shape index (κ1) is 13.4. The first-order chi connectivity index (χ1) is 7.20. The molecule has 4 nitrogen and oxygen atoms in total. The molecule has 0 saturated carbocycles. The summed E-state index contributed by atoms with van der Waals surface area (Å²) >= 11 is 6.30. The van der Waals surface area contributed by atoms with Gasteiger partial charge in [-0.25, -0.2) is 0 Å². The highest BCUT2D eigenvalue weighted by atomic mass is 32.2. The molecule has 1 saturated heterocycles. The number of carbonyl (C=O) groups is 2. The SMILES string of the molecule is CC(C)(C)CC1SC(=S)N(CC(=O)O)C1=O. The quantitative estimate of drug-likeness (QED) is 0.784. The monoisotopic (exact) mass is 261 g/mol. The topological polar surface area (TPSA) is 57.6 Å². The molecule has 0 bridgehead atoms. The maximum absolute atomic E-state index is 11.9. The van der Waals surface area contributed by atoms with Gasteiger partial charge in [0.1, 0.15) is 10.9 Å². The highest BCUT2D eigenvalue weighted by Gasteiger charge is 2.39. The van der Waals surface area contributed by atoms with Crippen molar-refractivity contribution in [1.29, 1.82) is 0 Å². The van der Waals surface area contributed by atoms with E-state index in [2.05, 4.69) is 0 Å². The molecule has 1 amide bonds. The lowest BCUT2D eigenvalue weighted by atomic mass is 9.90. The predicted molar refractivity (Wildman–Crippen MR) is 67.4 cm³/mol. The molecular formula is C10H15NO3S2. The Kier molecular flexibility index (Phi) is 3.96. The Morgan fingerprint density at radius 3 is 2.56 bits per heavy atom. The van der Waals surface area contributed by atoms with Crippen molar-refractivity contribution in [2.45, 2.75) is 32.4 Å². The van der Waals surface area contributed by atoms with Gasteiger partial charge in [0.2, 0.25) is 5.91 Å². The molecule has 1 rings (SSSR count). The van der Waals surface area contributed by atoms with Gasteiger partial charge in [-0.3, -0.25) is 14.5 Å². The van der Waals surface area contributed by atoms with Gasteiger partial charge in [0.05, 0.1) is 5.25 Å². The Morgan fingerprint density at radius 2 is 2.12 bits per heavy atom. The molecule has 90 valence electrons. The third kappa shape index (κ3) is 3.45. The lowest BCUT2D eigenvalue weighted by Gasteiger charge is -2.20. The Balaban J connectivity index is 2.71. The summed E-state index contributed by atoms with van der Waals surface area (Å²) in [5, 5.41) is 8.44. The van der Waals surface area contributed by atoms with Gasteiger partial charge in [-0.05, 0) is 11.8 Å². The largest absolute Gasteiger partial charge is 0.480 e. The molecule has 0 aromatic rings. The Bertz CT molecular complexity index is 335. The number of aliphatic carboxylic acids is 1. The van der Waals surface area contributed by atoms with Crippen LogP contribution < -0.4 is 0 Å². The van der Waals surface area contributed by atoms with Gasteiger partial charge in [0.25, 0.3) is 0 Å². The zero-order chi connectivity index (χ0) is 12.5. The Hall–Kier alpha value is -0.620. The number of carboxylic acid groups (broad SMARTS) is 1. The maximum atomic E-state index is 11.9. The van der Waals surface area contributed by atoms with Crippen LogP contribution in [-0.2, 0) is 9.59 Å². The van der Waals surface area contributed by atoms with Crippen LogP contribution in [0.3, 0.4) is 0 Å². The maximum Gasteiger partial charge on any atom is 0.323 e. The van der Waals surface area contributed by atoms with Gasteiger partial charge in [-0.2, -0.15) is 0 Å². The number of rotatable bonds is 3. The highest BCUT2D eigenvalue weighted by molar-refractivity contribution is 8.24. The third-order valence-corrected chi connectivity index (χ3v) is 3.68. The molecule has 1 aliphatic heterocycles. The van der Waals surface area contributed by atoms with Crippen molar-refractivity contribution < 1.29 is 14.7 Å². The zero-order valence-electron chi connectivity index (χ0n) is 9.52. The van der Waals surface area contributed by atoms with Crippen LogP contribution in [0.1, 0.15) is 27.2 Å². The number of thioether (sulfide) groups is 1. The number of hydrogen-bond donors (Lipinski definition) is 1. The molecule has 0 aromatic heterocycles. The Labute approximate surface area is 104 Å². The van der Waals surface area contributed by atoms with Crippen LogP contribution in [0, 0.1) is 5.41 Å². The standard InChI is InChI=1S/C10H15NO3S2/c1-10(2,3)4-6-8(14)11(5-7(12)13)9(15)16-6/h6H,4-5H2,1-3H3,(H,12,13). The van der Waals surface area contributed by atoms with E-state index in [1.807, 2.05) is 20.8 Å². The second-order valence-electron chi connectivity index (χ2n) is 4.96. The number of amides is 1. The molecule has 16 heavy (non-hydrogen) atoms. The summed E-state index contributed by atoms with van der Waals surface area (Å²) in [5.41, 5.74) is 0.0299. The number of hydrogen-bond acceptors (Lipinski definition) is 4. The zero-order valence-corrected chi connectivity index (χ0v) is 11.2. The van der Waals surface area contributed by atoms with Crippen LogP contribution in [0.2, 0.25) is 0 Å². The van der Waals surface area contributed by atoms with Gasteiger partial charge in [-0.15, -0.1) is 0 Å². The fourth-order valence-corrected chi connectivity index (χ4v) is 3.30. The third-order valence-electron chi connectivity index (χ3n) is 2.10. The molecule has 0 aromatic carbocycles. The molecule has 0 spiro atoms. The van der Waals surface area contributed by atoms with Gasteiger partial charge in [-0.1, -0.05) is 44.8 Å². The molecular weight excluding hydrogens is 246 g/mol. The molecule has 1 heterocycles. The minimum atomic E-state index is -1.03. The van der Waals surface area contributed by atoms with E-state index in [1.165, 1.54) is 16.7 Å². The average molecular weight is 261 g/mol. The molecule has 0 radical (unpaired) electrons. The van der Waals surface area contributed by atoms with E-state index in [9.17, 15) is 9.59 Å². The van der Waals surface area contributed by atoms with Crippen LogP contribution in [0.5, 0.6) is 0 Å². The average Bonchev–Trinajstić information content (AvgIpc) is 2.29. The lowest BCUT2D eigenvalue weighted by Crippen LogP contribution is -2.36. The summed E-state index contributed by atoms with van der Waals surface area (Å²) in [7, 11) is 0. The number of carboxylic acids is 1. The van der Waals surface area contributed by atoms with Gasteiger partial charge < -0.3 is 5.11 Å². The normalized spacial score (nSPS) is 21.7. The van der Waals surface area contributed by atoms with E-state index >= 15 is 0 Å². The van der Waals surface area contributed by atoms with Crippen molar-refractivity contribution in [3.63, 3.8) is 0 Å². The van der Waals surface area contributed by atoms with E-state index in [-0.39, 0.29) is 23.1 Å². The summed E-state index contributed by atoms with van der Waals surface area (Å²) in [6.45, 7) is 5.81. The summed E-state index contributed by atoms with van der Waals surface area (Å²) in [4.78, 5) is 23.6. The molecule has 1 unspecified atom stereocenters. The summed E-state index contributed by atoms with van der Waals surface area (Å²) in [5.74, 6) is -1.21. The predicted octanol–water partition coefficient (Wildman–Crippen LogP) is 1.74. The number of carbonyl (C=O) groups excluding carboxylic acids is 1. The van der Waals surface area contributed by atoms with Crippen molar-refractivity contribution in [2.75, 3.05) is 6.54 Å². The first-order valence-electron chi connectivity index (χ1n) is 4.94. The summed E-state index contributed by atoms with van der Waals surface area (Å²) in [6.07, 6.45) is 0.701. The lowest BCUT2D eigenvalue weighted by molar-refractivity contribution is -0.141. The van der Waals surface area contributed by atoms with E-state index in [1.54, 1.807) is 0 Å². The highest BCUT2D eigenvalue weighted by Crippen LogP contribution is 2.35. The first-order valence-corrected chi connectivity index (χ1v) is 6.23. The summed E-state index contributed by atoms with van der Waals surface area (Å²) in [6, 6.07) is 0. The van der Waals surface area contributed by atoms with Gasteiger partial charge >= 0.3 is 5.97 Å². The molecule has 1 N–H and O–H groups in total. The van der Waals surface area contributed by atoms with Gasteiger partial charge in [0, 0.05) is 0 Å². The summed E-state index contributed by atoms with van der Waals surface area (Å²) < 4.78 is 0.377. The van der Waals surface area contributed by atoms with E-state index in [4.69, 9.17) is 17.3 Å². The number of nitrogens with zero attached hydrogens (tertiary/aromatic N) is 1. The molecule has 1 atom stereocenters. The smallest absolute Gasteiger partial charge is 0.323 e. The minimum Gasteiger partial charge on any atom is -0.480 e. The van der Waals surface area contributed by atoms with E-state index < -0.39 is 5.97 Å². The Morgan fingerprint density at radius 1 is 1.56 bits per heavy atom. The fourth-order valence-electron chi connectivity index (χ4n) is 1.46. The van der Waals surface area contributed by atoms with Crippen LogP contribution in [-0.4, -0.2) is 38.0 Å². The van der Waals surface area contributed by atoms with Gasteiger partial charge in [0.15, 0.2) is 0 Å². The van der Waals surface area contributed by atoms with Crippen LogP contribution in [0.15, 0.2) is 0 Å². The number of thiocarbonyl (C=S) groups is 1. The molecule has 6 heteroatoms. The van der Waals surface area contributed by atoms with E-state index in [0.717, 1.165) is 0 Å². The molecule has 1 aliphatic rings. The fraction of sp³-hybridized carbons (Fsp3) is 0.700.